The highest BCUT2D eigenvalue weighted by Gasteiger charge is 2.36. The van der Waals surface area contributed by atoms with Gasteiger partial charge in [0.25, 0.3) is 5.91 Å². The van der Waals surface area contributed by atoms with Crippen molar-refractivity contribution in [2.45, 2.75) is 25.6 Å². The lowest BCUT2D eigenvalue weighted by atomic mass is 10.1. The molecule has 0 aromatic carbocycles. The standard InChI is InChI=1S/C9H9F3N2O3S/c1-4-5(3-18-14-4)7(15)13-6(8(16)17)2-9(10,11)12/h3,6H,2H2,1H3,(H,13,15)(H,16,17). The number of carbonyl (C=O) groups is 2. The minimum Gasteiger partial charge on any atom is -0.480 e. The van der Waals surface area contributed by atoms with Gasteiger partial charge in [-0.15, -0.1) is 0 Å². The summed E-state index contributed by atoms with van der Waals surface area (Å²) < 4.78 is 40.1. The summed E-state index contributed by atoms with van der Waals surface area (Å²) in [7, 11) is 0. The summed E-state index contributed by atoms with van der Waals surface area (Å²) in [6.07, 6.45) is -6.29. The largest absolute Gasteiger partial charge is 0.480 e. The molecule has 1 aromatic rings. The smallest absolute Gasteiger partial charge is 0.391 e. The van der Waals surface area contributed by atoms with E-state index in [2.05, 4.69) is 4.37 Å². The molecule has 1 atom stereocenters. The Hall–Kier alpha value is -1.64. The van der Waals surface area contributed by atoms with Gasteiger partial charge in [-0.05, 0) is 18.5 Å². The van der Waals surface area contributed by atoms with Crippen molar-refractivity contribution >= 4 is 23.4 Å². The number of halogens is 3. The minimum atomic E-state index is -4.67. The zero-order valence-corrected chi connectivity index (χ0v) is 9.93. The third-order valence-electron chi connectivity index (χ3n) is 2.03. The number of amides is 1. The number of carboxylic acids is 1. The molecule has 0 fully saturated rings. The van der Waals surface area contributed by atoms with Crippen LogP contribution in [0.25, 0.3) is 0 Å². The van der Waals surface area contributed by atoms with E-state index in [-0.39, 0.29) is 5.56 Å². The van der Waals surface area contributed by atoms with Crippen LogP contribution in [0.2, 0.25) is 0 Å². The van der Waals surface area contributed by atoms with Crippen molar-refractivity contribution in [3.63, 3.8) is 0 Å². The second kappa shape index (κ2) is 5.34. The van der Waals surface area contributed by atoms with Gasteiger partial charge in [-0.25, -0.2) is 4.79 Å². The lowest BCUT2D eigenvalue weighted by molar-refractivity contribution is -0.157. The van der Waals surface area contributed by atoms with E-state index in [1.165, 1.54) is 12.3 Å². The highest BCUT2D eigenvalue weighted by molar-refractivity contribution is 7.03. The number of hydrogen-bond donors (Lipinski definition) is 2. The van der Waals surface area contributed by atoms with E-state index in [4.69, 9.17) is 5.11 Å². The SMILES string of the molecule is Cc1nscc1C(=O)NC(CC(F)(F)F)C(=O)O. The third-order valence-corrected chi connectivity index (χ3v) is 2.75. The molecular formula is C9H9F3N2O3S. The number of aliphatic carboxylic acids is 1. The molecule has 1 rings (SSSR count). The Morgan fingerprint density at radius 2 is 2.17 bits per heavy atom. The molecule has 0 aliphatic heterocycles. The van der Waals surface area contributed by atoms with Gasteiger partial charge >= 0.3 is 12.1 Å². The molecule has 0 radical (unpaired) electrons. The average Bonchev–Trinajstić information content (AvgIpc) is 2.61. The lowest BCUT2D eigenvalue weighted by Crippen LogP contribution is -2.43. The summed E-state index contributed by atoms with van der Waals surface area (Å²) in [6.45, 7) is 1.50. The molecule has 0 bridgehead atoms. The number of aryl methyl sites for hydroxylation is 1. The van der Waals surface area contributed by atoms with Crippen molar-refractivity contribution in [3.8, 4) is 0 Å². The highest BCUT2D eigenvalue weighted by Crippen LogP contribution is 2.22. The van der Waals surface area contributed by atoms with Crippen LogP contribution in [0.5, 0.6) is 0 Å². The van der Waals surface area contributed by atoms with Crippen LogP contribution in [0.4, 0.5) is 13.2 Å². The fourth-order valence-corrected chi connectivity index (χ4v) is 1.87. The normalized spacial score (nSPS) is 13.1. The first-order valence-corrected chi connectivity index (χ1v) is 5.56. The molecule has 1 unspecified atom stereocenters. The van der Waals surface area contributed by atoms with E-state index in [1.807, 2.05) is 5.32 Å². The summed E-state index contributed by atoms with van der Waals surface area (Å²) in [6, 6.07) is -2.00. The van der Waals surface area contributed by atoms with Gasteiger partial charge in [-0.2, -0.15) is 17.5 Å². The molecule has 5 nitrogen and oxygen atoms in total. The van der Waals surface area contributed by atoms with Crippen LogP contribution in [0.1, 0.15) is 22.5 Å². The first-order chi connectivity index (χ1) is 8.20. The van der Waals surface area contributed by atoms with E-state index in [1.54, 1.807) is 0 Å². The maximum absolute atomic E-state index is 12.1. The Labute approximate surface area is 104 Å². The zero-order chi connectivity index (χ0) is 13.9. The molecule has 1 aromatic heterocycles. The van der Waals surface area contributed by atoms with Crippen LogP contribution >= 0.6 is 11.5 Å². The zero-order valence-electron chi connectivity index (χ0n) is 9.11. The van der Waals surface area contributed by atoms with Crippen LogP contribution in [-0.4, -0.2) is 33.6 Å². The number of alkyl halides is 3. The van der Waals surface area contributed by atoms with Crippen LogP contribution < -0.4 is 5.32 Å². The monoisotopic (exact) mass is 282 g/mol. The van der Waals surface area contributed by atoms with Gasteiger partial charge in [0.15, 0.2) is 0 Å². The molecule has 18 heavy (non-hydrogen) atoms. The molecule has 9 heteroatoms. The lowest BCUT2D eigenvalue weighted by Gasteiger charge is -2.15. The predicted molar refractivity (Wildman–Crippen MR) is 56.4 cm³/mol. The number of nitrogens with one attached hydrogen (secondary N) is 1. The number of carboxylic acid groups (broad SMARTS) is 1. The number of carbonyl (C=O) groups excluding carboxylic acids is 1. The van der Waals surface area contributed by atoms with Crippen LogP contribution in [0.3, 0.4) is 0 Å². The van der Waals surface area contributed by atoms with Crippen molar-refractivity contribution < 1.29 is 27.9 Å². The summed E-state index contributed by atoms with van der Waals surface area (Å²) in [5.74, 6) is -2.61. The van der Waals surface area contributed by atoms with Crippen molar-refractivity contribution in [1.29, 1.82) is 0 Å². The maximum atomic E-state index is 12.1. The molecule has 1 amide bonds. The molecule has 1 heterocycles. The Kier molecular flexibility index (Phi) is 4.28. The second-order valence-electron chi connectivity index (χ2n) is 3.50. The van der Waals surface area contributed by atoms with Gasteiger partial charge in [-0.3, -0.25) is 4.79 Å². The first kappa shape index (κ1) is 14.4. The van der Waals surface area contributed by atoms with Crippen LogP contribution in [0, 0.1) is 6.92 Å². The molecule has 100 valence electrons. The van der Waals surface area contributed by atoms with Gasteiger partial charge in [0, 0.05) is 5.38 Å². The Morgan fingerprint density at radius 3 is 2.56 bits per heavy atom. The molecule has 0 aliphatic rings. The number of hydrogen-bond acceptors (Lipinski definition) is 4. The van der Waals surface area contributed by atoms with Crippen molar-refractivity contribution in [2.75, 3.05) is 0 Å². The first-order valence-electron chi connectivity index (χ1n) is 4.72. The van der Waals surface area contributed by atoms with Gasteiger partial charge in [0.05, 0.1) is 17.7 Å². The van der Waals surface area contributed by atoms with Gasteiger partial charge in [-0.1, -0.05) is 0 Å². The predicted octanol–water partition coefficient (Wildman–Crippen LogP) is 1.59. The van der Waals surface area contributed by atoms with E-state index < -0.39 is 30.5 Å². The second-order valence-corrected chi connectivity index (χ2v) is 4.13. The summed E-state index contributed by atoms with van der Waals surface area (Å²) in [5.41, 5.74) is 0.419. The summed E-state index contributed by atoms with van der Waals surface area (Å²) in [5, 5.41) is 11.8. The summed E-state index contributed by atoms with van der Waals surface area (Å²) >= 11 is 0.963. The maximum Gasteiger partial charge on any atom is 0.391 e. The Morgan fingerprint density at radius 1 is 1.56 bits per heavy atom. The Balaban J connectivity index is 2.76. The number of aromatic nitrogens is 1. The van der Waals surface area contributed by atoms with Crippen molar-refractivity contribution in [1.82, 2.24) is 9.69 Å². The van der Waals surface area contributed by atoms with Crippen LogP contribution in [0.15, 0.2) is 5.38 Å². The third kappa shape index (κ3) is 3.99. The van der Waals surface area contributed by atoms with E-state index in [0.717, 1.165) is 11.5 Å². The fraction of sp³-hybridized carbons (Fsp3) is 0.444. The molecule has 2 N–H and O–H groups in total. The minimum absolute atomic E-state index is 0.0772. The average molecular weight is 282 g/mol. The molecule has 0 saturated heterocycles. The van der Waals surface area contributed by atoms with E-state index in [0.29, 0.717) is 5.69 Å². The van der Waals surface area contributed by atoms with E-state index >= 15 is 0 Å². The molecular weight excluding hydrogens is 273 g/mol. The molecule has 0 spiro atoms. The molecule has 0 aliphatic carbocycles. The number of rotatable bonds is 4. The highest BCUT2D eigenvalue weighted by atomic mass is 32.1. The topological polar surface area (TPSA) is 79.3 Å². The number of nitrogens with zero attached hydrogens (tertiary/aromatic N) is 1. The van der Waals surface area contributed by atoms with Crippen molar-refractivity contribution in [2.24, 2.45) is 0 Å². The van der Waals surface area contributed by atoms with Gasteiger partial charge in [0.1, 0.15) is 6.04 Å². The Bertz CT molecular complexity index is 458. The van der Waals surface area contributed by atoms with Crippen LogP contribution in [-0.2, 0) is 4.79 Å². The quantitative estimate of drug-likeness (QED) is 0.879. The summed E-state index contributed by atoms with van der Waals surface area (Å²) in [4.78, 5) is 22.2. The van der Waals surface area contributed by atoms with Gasteiger partial charge in [0.2, 0.25) is 0 Å². The molecule has 0 saturated carbocycles. The fourth-order valence-electron chi connectivity index (χ4n) is 1.18. The van der Waals surface area contributed by atoms with E-state index in [9.17, 15) is 22.8 Å². The van der Waals surface area contributed by atoms with Crippen molar-refractivity contribution in [3.05, 3.63) is 16.6 Å². The van der Waals surface area contributed by atoms with Gasteiger partial charge < -0.3 is 10.4 Å².